The summed E-state index contributed by atoms with van der Waals surface area (Å²) in [5, 5.41) is 2.78. The van der Waals surface area contributed by atoms with E-state index in [0.29, 0.717) is 44.8 Å². The standard InChI is InChI=1S/C22H29N3O6S/c1-4-24(5-2)32(28,29)16-11-12-19(30-6-3)17(15-16)23-21(26)18-9-7-13-25(18)22(27)20-10-8-14-31-20/h8,10-12,14-15,18H,4-7,9,13H2,1-3H3,(H,23,26)/t18-/m0/s1. The third-order valence-corrected chi connectivity index (χ3v) is 7.45. The minimum Gasteiger partial charge on any atom is -0.492 e. The summed E-state index contributed by atoms with van der Waals surface area (Å²) in [7, 11) is -3.71. The number of hydrogen-bond donors (Lipinski definition) is 1. The van der Waals surface area contributed by atoms with Crippen LogP contribution in [0.5, 0.6) is 5.75 Å². The summed E-state index contributed by atoms with van der Waals surface area (Å²) in [6.07, 6.45) is 2.59. The number of hydrogen-bond acceptors (Lipinski definition) is 6. The number of nitrogens with zero attached hydrogens (tertiary/aromatic N) is 2. The Bertz CT molecular complexity index is 1050. The van der Waals surface area contributed by atoms with Crippen molar-refractivity contribution in [2.45, 2.75) is 44.6 Å². The van der Waals surface area contributed by atoms with Gasteiger partial charge in [-0.25, -0.2) is 8.42 Å². The van der Waals surface area contributed by atoms with Gasteiger partial charge < -0.3 is 19.4 Å². The monoisotopic (exact) mass is 463 g/mol. The van der Waals surface area contributed by atoms with Crippen LogP contribution in [-0.2, 0) is 14.8 Å². The highest BCUT2D eigenvalue weighted by Crippen LogP contribution is 2.31. The summed E-state index contributed by atoms with van der Waals surface area (Å²) in [5.74, 6) is -0.218. The first-order valence-corrected chi connectivity index (χ1v) is 12.2. The predicted molar refractivity (Wildman–Crippen MR) is 119 cm³/mol. The molecule has 2 heterocycles. The minimum atomic E-state index is -3.71. The van der Waals surface area contributed by atoms with Gasteiger partial charge in [0.25, 0.3) is 5.91 Å². The van der Waals surface area contributed by atoms with Crippen LogP contribution in [0.4, 0.5) is 5.69 Å². The van der Waals surface area contributed by atoms with Gasteiger partial charge in [-0.3, -0.25) is 9.59 Å². The van der Waals surface area contributed by atoms with Crippen molar-refractivity contribution >= 4 is 27.5 Å². The summed E-state index contributed by atoms with van der Waals surface area (Å²) in [6, 6.07) is 6.90. The Hall–Kier alpha value is -2.85. The summed E-state index contributed by atoms with van der Waals surface area (Å²) in [4.78, 5) is 27.4. The first kappa shape index (κ1) is 23.8. The molecule has 0 unspecified atom stereocenters. The summed E-state index contributed by atoms with van der Waals surface area (Å²) in [5.41, 5.74) is 0.252. The molecule has 2 amide bonds. The van der Waals surface area contributed by atoms with E-state index in [9.17, 15) is 18.0 Å². The average Bonchev–Trinajstić information content (AvgIpc) is 3.47. The predicted octanol–water partition coefficient (Wildman–Crippen LogP) is 2.95. The van der Waals surface area contributed by atoms with Gasteiger partial charge in [0.15, 0.2) is 5.76 Å². The highest BCUT2D eigenvalue weighted by atomic mass is 32.2. The Labute approximate surface area is 188 Å². The average molecular weight is 464 g/mol. The third kappa shape index (κ3) is 4.81. The number of carbonyl (C=O) groups is 2. The molecule has 1 aromatic carbocycles. The Morgan fingerprint density at radius 1 is 1.22 bits per heavy atom. The third-order valence-electron chi connectivity index (χ3n) is 5.40. The summed E-state index contributed by atoms with van der Waals surface area (Å²) < 4.78 is 38.0. The van der Waals surface area contributed by atoms with Crippen molar-refractivity contribution in [3.63, 3.8) is 0 Å². The van der Waals surface area contributed by atoms with Gasteiger partial charge in [-0.05, 0) is 50.1 Å². The lowest BCUT2D eigenvalue weighted by Crippen LogP contribution is -2.43. The van der Waals surface area contributed by atoms with E-state index in [1.165, 1.54) is 33.7 Å². The Morgan fingerprint density at radius 2 is 1.97 bits per heavy atom. The van der Waals surface area contributed by atoms with Gasteiger partial charge in [0, 0.05) is 19.6 Å². The van der Waals surface area contributed by atoms with Gasteiger partial charge in [0.05, 0.1) is 23.5 Å². The van der Waals surface area contributed by atoms with Crippen molar-refractivity contribution < 1.29 is 27.2 Å². The van der Waals surface area contributed by atoms with E-state index in [-0.39, 0.29) is 22.3 Å². The molecule has 10 heteroatoms. The van der Waals surface area contributed by atoms with E-state index in [0.717, 1.165) is 0 Å². The van der Waals surface area contributed by atoms with E-state index in [2.05, 4.69) is 5.32 Å². The number of anilines is 1. The second kappa shape index (κ2) is 10.2. The number of benzene rings is 1. The molecule has 1 atom stereocenters. The molecule has 9 nitrogen and oxygen atoms in total. The fourth-order valence-electron chi connectivity index (χ4n) is 3.80. The van der Waals surface area contributed by atoms with Crippen LogP contribution >= 0.6 is 0 Å². The number of rotatable bonds is 9. The number of amides is 2. The van der Waals surface area contributed by atoms with Crippen LogP contribution in [-0.4, -0.2) is 61.7 Å². The molecule has 32 heavy (non-hydrogen) atoms. The lowest BCUT2D eigenvalue weighted by atomic mass is 10.2. The first-order valence-electron chi connectivity index (χ1n) is 10.8. The van der Waals surface area contributed by atoms with E-state index in [4.69, 9.17) is 9.15 Å². The number of nitrogens with one attached hydrogen (secondary N) is 1. The molecule has 1 N–H and O–H groups in total. The number of ether oxygens (including phenoxy) is 1. The van der Waals surface area contributed by atoms with Crippen LogP contribution in [0.3, 0.4) is 0 Å². The Balaban J connectivity index is 1.87. The first-order chi connectivity index (χ1) is 15.3. The van der Waals surface area contributed by atoms with Gasteiger partial charge in [-0.15, -0.1) is 0 Å². The molecule has 2 aromatic rings. The molecule has 0 bridgehead atoms. The van der Waals surface area contributed by atoms with E-state index in [1.54, 1.807) is 32.9 Å². The lowest BCUT2D eigenvalue weighted by molar-refractivity contribution is -0.119. The molecule has 1 aliphatic heterocycles. The molecule has 0 radical (unpaired) electrons. The zero-order valence-corrected chi connectivity index (χ0v) is 19.4. The van der Waals surface area contributed by atoms with Crippen LogP contribution < -0.4 is 10.1 Å². The van der Waals surface area contributed by atoms with Crippen molar-refractivity contribution in [2.75, 3.05) is 31.6 Å². The van der Waals surface area contributed by atoms with Crippen LogP contribution in [0, 0.1) is 0 Å². The summed E-state index contributed by atoms with van der Waals surface area (Å²) in [6.45, 7) is 6.78. The van der Waals surface area contributed by atoms with Crippen LogP contribution in [0.2, 0.25) is 0 Å². The van der Waals surface area contributed by atoms with Crippen LogP contribution in [0.15, 0.2) is 45.9 Å². The maximum absolute atomic E-state index is 13.1. The summed E-state index contributed by atoms with van der Waals surface area (Å²) >= 11 is 0. The molecule has 0 aliphatic carbocycles. The van der Waals surface area contributed by atoms with Gasteiger partial charge in [0.2, 0.25) is 15.9 Å². The van der Waals surface area contributed by atoms with Crippen molar-refractivity contribution in [1.29, 1.82) is 0 Å². The Kier molecular flexibility index (Phi) is 7.57. The topological polar surface area (TPSA) is 109 Å². The smallest absolute Gasteiger partial charge is 0.290 e. The molecule has 3 rings (SSSR count). The van der Waals surface area contributed by atoms with Gasteiger partial charge in [0.1, 0.15) is 11.8 Å². The SMILES string of the molecule is CCOc1ccc(S(=O)(=O)N(CC)CC)cc1NC(=O)[C@@H]1CCCN1C(=O)c1ccco1. The zero-order chi connectivity index (χ0) is 23.3. The quantitative estimate of drug-likeness (QED) is 0.612. The van der Waals surface area contributed by atoms with Crippen molar-refractivity contribution in [2.24, 2.45) is 0 Å². The molecule has 1 aromatic heterocycles. The maximum Gasteiger partial charge on any atom is 0.290 e. The molecular weight excluding hydrogens is 434 g/mol. The molecular formula is C22H29N3O6S. The number of carbonyl (C=O) groups excluding carboxylic acids is 2. The highest BCUT2D eigenvalue weighted by molar-refractivity contribution is 7.89. The van der Waals surface area contributed by atoms with E-state index >= 15 is 0 Å². The largest absolute Gasteiger partial charge is 0.492 e. The normalized spacial score (nSPS) is 16.4. The minimum absolute atomic E-state index is 0.0647. The molecule has 1 saturated heterocycles. The number of likely N-dealkylation sites (tertiary alicyclic amines) is 1. The van der Waals surface area contributed by atoms with Gasteiger partial charge in [-0.2, -0.15) is 4.31 Å². The molecule has 174 valence electrons. The van der Waals surface area contributed by atoms with Gasteiger partial charge in [-0.1, -0.05) is 13.8 Å². The van der Waals surface area contributed by atoms with Crippen LogP contribution in [0.25, 0.3) is 0 Å². The lowest BCUT2D eigenvalue weighted by Gasteiger charge is -2.24. The van der Waals surface area contributed by atoms with Crippen molar-refractivity contribution in [3.05, 3.63) is 42.4 Å². The van der Waals surface area contributed by atoms with Crippen LogP contribution in [0.1, 0.15) is 44.2 Å². The highest BCUT2D eigenvalue weighted by Gasteiger charge is 2.36. The fraction of sp³-hybridized carbons (Fsp3) is 0.455. The number of furan rings is 1. The number of sulfonamides is 1. The maximum atomic E-state index is 13.1. The van der Waals surface area contributed by atoms with Gasteiger partial charge >= 0.3 is 0 Å². The van der Waals surface area contributed by atoms with E-state index < -0.39 is 22.0 Å². The second-order valence-corrected chi connectivity index (χ2v) is 9.24. The van der Waals surface area contributed by atoms with Crippen molar-refractivity contribution in [3.8, 4) is 5.75 Å². The Morgan fingerprint density at radius 3 is 2.59 bits per heavy atom. The second-order valence-electron chi connectivity index (χ2n) is 7.30. The van der Waals surface area contributed by atoms with E-state index in [1.807, 2.05) is 0 Å². The molecule has 1 fully saturated rings. The molecule has 1 aliphatic rings. The zero-order valence-electron chi connectivity index (χ0n) is 18.5. The molecule has 0 saturated carbocycles. The van der Waals surface area contributed by atoms with Crippen molar-refractivity contribution in [1.82, 2.24) is 9.21 Å². The fourth-order valence-corrected chi connectivity index (χ4v) is 5.29. The molecule has 0 spiro atoms.